The SMILES string of the molecule is COc1ccc(C(=O)N2CCCC(C)(C(=O)O)C2)c(OCCC(C)C)c1. The van der Waals surface area contributed by atoms with Gasteiger partial charge in [0.1, 0.15) is 11.5 Å². The lowest BCUT2D eigenvalue weighted by Gasteiger charge is -2.37. The van der Waals surface area contributed by atoms with Gasteiger partial charge in [-0.25, -0.2) is 0 Å². The Bertz CT molecular complexity index is 658. The van der Waals surface area contributed by atoms with E-state index in [2.05, 4.69) is 13.8 Å². The van der Waals surface area contributed by atoms with Crippen LogP contribution < -0.4 is 9.47 Å². The van der Waals surface area contributed by atoms with Crippen molar-refractivity contribution in [2.75, 3.05) is 26.8 Å². The van der Waals surface area contributed by atoms with E-state index in [1.54, 1.807) is 37.1 Å². The maximum Gasteiger partial charge on any atom is 0.311 e. The molecule has 0 spiro atoms. The second kappa shape index (κ2) is 8.43. The topological polar surface area (TPSA) is 76.1 Å². The number of carbonyl (C=O) groups excluding carboxylic acids is 1. The third kappa shape index (κ3) is 4.68. The van der Waals surface area contributed by atoms with Gasteiger partial charge < -0.3 is 19.5 Å². The quantitative estimate of drug-likeness (QED) is 0.803. The fraction of sp³-hybridized carbons (Fsp3) is 0.600. The molecule has 0 saturated carbocycles. The molecule has 1 heterocycles. The molecule has 1 saturated heterocycles. The van der Waals surface area contributed by atoms with Gasteiger partial charge in [0.05, 0.1) is 24.7 Å². The van der Waals surface area contributed by atoms with Gasteiger partial charge in [-0.2, -0.15) is 0 Å². The Morgan fingerprint density at radius 1 is 1.35 bits per heavy atom. The molecule has 26 heavy (non-hydrogen) atoms. The number of amides is 1. The van der Waals surface area contributed by atoms with Gasteiger partial charge in [0, 0.05) is 19.2 Å². The molecular weight excluding hydrogens is 334 g/mol. The number of aliphatic carboxylic acids is 1. The zero-order valence-electron chi connectivity index (χ0n) is 16.1. The van der Waals surface area contributed by atoms with Crippen LogP contribution in [0.15, 0.2) is 18.2 Å². The Labute approximate surface area is 155 Å². The number of carboxylic acid groups (broad SMARTS) is 1. The van der Waals surface area contributed by atoms with Crippen LogP contribution in [0, 0.1) is 11.3 Å². The summed E-state index contributed by atoms with van der Waals surface area (Å²) in [6.07, 6.45) is 2.13. The van der Waals surface area contributed by atoms with Crippen LogP contribution >= 0.6 is 0 Å². The Morgan fingerprint density at radius 3 is 2.69 bits per heavy atom. The first-order valence-corrected chi connectivity index (χ1v) is 9.10. The molecule has 1 aromatic rings. The summed E-state index contributed by atoms with van der Waals surface area (Å²) in [4.78, 5) is 26.2. The molecule has 1 atom stereocenters. The summed E-state index contributed by atoms with van der Waals surface area (Å²) in [6, 6.07) is 5.13. The summed E-state index contributed by atoms with van der Waals surface area (Å²) in [7, 11) is 1.57. The minimum absolute atomic E-state index is 0.195. The fourth-order valence-electron chi connectivity index (χ4n) is 3.09. The predicted molar refractivity (Wildman–Crippen MR) is 98.8 cm³/mol. The fourth-order valence-corrected chi connectivity index (χ4v) is 3.09. The molecule has 1 amide bonds. The summed E-state index contributed by atoms with van der Waals surface area (Å²) in [5.41, 5.74) is -0.455. The van der Waals surface area contributed by atoms with Gasteiger partial charge in [-0.05, 0) is 44.2 Å². The number of benzene rings is 1. The number of ether oxygens (including phenoxy) is 2. The maximum absolute atomic E-state index is 13.0. The van der Waals surface area contributed by atoms with Crippen LogP contribution in [0.4, 0.5) is 0 Å². The van der Waals surface area contributed by atoms with Crippen LogP contribution in [0.2, 0.25) is 0 Å². The van der Waals surface area contributed by atoms with Gasteiger partial charge in [0.25, 0.3) is 5.91 Å². The molecule has 6 heteroatoms. The van der Waals surface area contributed by atoms with Crippen LogP contribution in [0.25, 0.3) is 0 Å². The minimum atomic E-state index is -0.904. The molecule has 1 N–H and O–H groups in total. The lowest BCUT2D eigenvalue weighted by Crippen LogP contribution is -2.48. The number of piperidine rings is 1. The van der Waals surface area contributed by atoms with E-state index in [-0.39, 0.29) is 12.5 Å². The highest BCUT2D eigenvalue weighted by atomic mass is 16.5. The van der Waals surface area contributed by atoms with E-state index < -0.39 is 11.4 Å². The van der Waals surface area contributed by atoms with E-state index >= 15 is 0 Å². The summed E-state index contributed by atoms with van der Waals surface area (Å²) in [6.45, 7) is 7.20. The highest BCUT2D eigenvalue weighted by molar-refractivity contribution is 5.97. The highest BCUT2D eigenvalue weighted by Gasteiger charge is 2.40. The second-order valence-corrected chi connectivity index (χ2v) is 7.59. The van der Waals surface area contributed by atoms with Crippen molar-refractivity contribution in [2.45, 2.75) is 40.0 Å². The number of methoxy groups -OCH3 is 1. The van der Waals surface area contributed by atoms with Crippen molar-refractivity contribution in [2.24, 2.45) is 11.3 Å². The Hall–Kier alpha value is -2.24. The summed E-state index contributed by atoms with van der Waals surface area (Å²) < 4.78 is 11.1. The lowest BCUT2D eigenvalue weighted by molar-refractivity contribution is -0.150. The van der Waals surface area contributed by atoms with E-state index in [1.165, 1.54) is 0 Å². The molecule has 1 aliphatic rings. The third-order valence-electron chi connectivity index (χ3n) is 4.87. The number of rotatable bonds is 7. The predicted octanol–water partition coefficient (Wildman–Crippen LogP) is 3.45. The van der Waals surface area contributed by atoms with Crippen LogP contribution in [0.5, 0.6) is 11.5 Å². The Kier molecular flexibility index (Phi) is 6.51. The first kappa shape index (κ1) is 20.1. The smallest absolute Gasteiger partial charge is 0.311 e. The second-order valence-electron chi connectivity index (χ2n) is 7.59. The zero-order valence-corrected chi connectivity index (χ0v) is 16.1. The molecule has 144 valence electrons. The molecular formula is C20H29NO5. The van der Waals surface area contributed by atoms with Crippen LogP contribution in [-0.4, -0.2) is 48.7 Å². The Morgan fingerprint density at radius 2 is 2.08 bits per heavy atom. The summed E-state index contributed by atoms with van der Waals surface area (Å²) in [5, 5.41) is 9.48. The highest BCUT2D eigenvalue weighted by Crippen LogP contribution is 2.32. The number of likely N-dealkylation sites (tertiary alicyclic amines) is 1. The number of carboxylic acids is 1. The monoisotopic (exact) mass is 363 g/mol. The third-order valence-corrected chi connectivity index (χ3v) is 4.87. The normalized spacial score (nSPS) is 20.1. The van der Waals surface area contributed by atoms with Crippen molar-refractivity contribution in [1.29, 1.82) is 0 Å². The zero-order chi connectivity index (χ0) is 19.3. The van der Waals surface area contributed by atoms with Crippen molar-refractivity contribution in [1.82, 2.24) is 4.90 Å². The molecule has 0 radical (unpaired) electrons. The average Bonchev–Trinajstić information content (AvgIpc) is 2.60. The molecule has 0 aromatic heterocycles. The van der Waals surface area contributed by atoms with E-state index in [9.17, 15) is 14.7 Å². The number of carbonyl (C=O) groups is 2. The van der Waals surface area contributed by atoms with E-state index in [0.29, 0.717) is 49.0 Å². The van der Waals surface area contributed by atoms with Crippen molar-refractivity contribution in [3.63, 3.8) is 0 Å². The minimum Gasteiger partial charge on any atom is -0.497 e. The molecule has 1 fully saturated rings. The van der Waals surface area contributed by atoms with Crippen LogP contribution in [0.1, 0.15) is 50.4 Å². The average molecular weight is 363 g/mol. The Balaban J connectivity index is 2.22. The van der Waals surface area contributed by atoms with Crippen molar-refractivity contribution in [3.05, 3.63) is 23.8 Å². The molecule has 0 bridgehead atoms. The standard InChI is InChI=1S/C20H29NO5/c1-14(2)8-11-26-17-12-15(25-4)6-7-16(17)18(22)21-10-5-9-20(3,13-21)19(23)24/h6-7,12,14H,5,8-11,13H2,1-4H3,(H,23,24). The van der Waals surface area contributed by atoms with Gasteiger partial charge in [0.15, 0.2) is 0 Å². The van der Waals surface area contributed by atoms with Crippen molar-refractivity contribution < 1.29 is 24.2 Å². The lowest BCUT2D eigenvalue weighted by atomic mass is 9.82. The van der Waals surface area contributed by atoms with E-state index in [1.807, 2.05) is 0 Å². The number of nitrogens with zero attached hydrogens (tertiary/aromatic N) is 1. The molecule has 2 rings (SSSR count). The molecule has 1 aromatic carbocycles. The van der Waals surface area contributed by atoms with E-state index in [0.717, 1.165) is 6.42 Å². The molecule has 0 aliphatic carbocycles. The van der Waals surface area contributed by atoms with Gasteiger partial charge in [0.2, 0.25) is 0 Å². The first-order chi connectivity index (χ1) is 12.3. The number of hydrogen-bond acceptors (Lipinski definition) is 4. The maximum atomic E-state index is 13.0. The first-order valence-electron chi connectivity index (χ1n) is 9.10. The molecule has 6 nitrogen and oxygen atoms in total. The molecule has 1 aliphatic heterocycles. The van der Waals surface area contributed by atoms with Gasteiger partial charge in [-0.15, -0.1) is 0 Å². The van der Waals surface area contributed by atoms with Crippen molar-refractivity contribution >= 4 is 11.9 Å². The largest absolute Gasteiger partial charge is 0.497 e. The summed E-state index contributed by atoms with van der Waals surface area (Å²) in [5.74, 6) is 0.545. The summed E-state index contributed by atoms with van der Waals surface area (Å²) >= 11 is 0. The van der Waals surface area contributed by atoms with Crippen molar-refractivity contribution in [3.8, 4) is 11.5 Å². The van der Waals surface area contributed by atoms with Gasteiger partial charge >= 0.3 is 5.97 Å². The van der Waals surface area contributed by atoms with Gasteiger partial charge in [-0.3, -0.25) is 9.59 Å². The number of hydrogen-bond donors (Lipinski definition) is 1. The van der Waals surface area contributed by atoms with Crippen LogP contribution in [-0.2, 0) is 4.79 Å². The van der Waals surface area contributed by atoms with Crippen LogP contribution in [0.3, 0.4) is 0 Å². The van der Waals surface area contributed by atoms with Gasteiger partial charge in [-0.1, -0.05) is 13.8 Å². The van der Waals surface area contributed by atoms with E-state index in [4.69, 9.17) is 9.47 Å². The molecule has 1 unspecified atom stereocenters.